The van der Waals surface area contributed by atoms with E-state index in [1.807, 2.05) is 4.90 Å². The molecule has 0 saturated carbocycles. The normalized spacial score (nSPS) is 19.3. The molecular weight excluding hydrogens is 360 g/mol. The van der Waals surface area contributed by atoms with Crippen LogP contribution >= 0.6 is 0 Å². The lowest BCUT2D eigenvalue weighted by Gasteiger charge is -2.16. The Balaban J connectivity index is 1.35. The summed E-state index contributed by atoms with van der Waals surface area (Å²) in [5.41, 5.74) is 0. The predicted octanol–water partition coefficient (Wildman–Crippen LogP) is 6.30. The number of amides is 1. The van der Waals surface area contributed by atoms with E-state index < -0.39 is 0 Å². The van der Waals surface area contributed by atoms with Gasteiger partial charge in [-0.2, -0.15) is 0 Å². The SMILES string of the molecule is CCCCCCCC/C=C/CCCCCCCCN1CC(C2=NCCO2)CC1=O. The Morgan fingerprint density at radius 3 is 2.17 bits per heavy atom. The van der Waals surface area contributed by atoms with Crippen LogP contribution in [0.25, 0.3) is 0 Å². The van der Waals surface area contributed by atoms with Gasteiger partial charge in [-0.3, -0.25) is 9.79 Å². The Morgan fingerprint density at radius 1 is 0.931 bits per heavy atom. The second-order valence-electron chi connectivity index (χ2n) is 8.75. The summed E-state index contributed by atoms with van der Waals surface area (Å²) in [4.78, 5) is 18.5. The average Bonchev–Trinajstić information content (AvgIpc) is 3.38. The number of aliphatic imine (C=N–C) groups is 1. The molecule has 0 radical (unpaired) electrons. The number of unbranched alkanes of at least 4 members (excludes halogenated alkanes) is 12. The lowest BCUT2D eigenvalue weighted by Crippen LogP contribution is -2.27. The number of carbonyl (C=O) groups is 1. The van der Waals surface area contributed by atoms with Gasteiger partial charge in [0.05, 0.1) is 12.5 Å². The Hall–Kier alpha value is -1.32. The van der Waals surface area contributed by atoms with Crippen LogP contribution in [0.15, 0.2) is 17.1 Å². The van der Waals surface area contributed by atoms with Gasteiger partial charge in [0.25, 0.3) is 0 Å². The second kappa shape index (κ2) is 15.5. The minimum Gasteiger partial charge on any atom is -0.479 e. The molecule has 2 rings (SSSR count). The van der Waals surface area contributed by atoms with Crippen molar-refractivity contribution in [1.82, 2.24) is 4.90 Å². The molecule has 1 unspecified atom stereocenters. The number of hydrogen-bond acceptors (Lipinski definition) is 3. The second-order valence-corrected chi connectivity index (χ2v) is 8.75. The number of ether oxygens (including phenoxy) is 1. The largest absolute Gasteiger partial charge is 0.479 e. The van der Waals surface area contributed by atoms with Crippen LogP contribution < -0.4 is 0 Å². The van der Waals surface area contributed by atoms with Crippen LogP contribution in [0.2, 0.25) is 0 Å². The smallest absolute Gasteiger partial charge is 0.223 e. The lowest BCUT2D eigenvalue weighted by molar-refractivity contribution is -0.127. The summed E-state index contributed by atoms with van der Waals surface area (Å²) in [7, 11) is 0. The summed E-state index contributed by atoms with van der Waals surface area (Å²) in [6, 6.07) is 0. The fraction of sp³-hybridized carbons (Fsp3) is 0.840. The summed E-state index contributed by atoms with van der Waals surface area (Å²) >= 11 is 0. The molecular formula is C25H44N2O2. The van der Waals surface area contributed by atoms with E-state index in [0.717, 1.165) is 32.0 Å². The summed E-state index contributed by atoms with van der Waals surface area (Å²) in [6.45, 7) is 5.44. The number of likely N-dealkylation sites (tertiary alicyclic amines) is 1. The molecule has 29 heavy (non-hydrogen) atoms. The molecule has 0 spiro atoms. The Labute approximate surface area is 179 Å². The number of nitrogens with zero attached hydrogens (tertiary/aromatic N) is 2. The van der Waals surface area contributed by atoms with E-state index in [1.54, 1.807) is 0 Å². The average molecular weight is 405 g/mol. The van der Waals surface area contributed by atoms with Crippen molar-refractivity contribution in [2.24, 2.45) is 10.9 Å². The molecule has 2 aliphatic rings. The monoisotopic (exact) mass is 404 g/mol. The number of rotatable bonds is 17. The van der Waals surface area contributed by atoms with Crippen molar-refractivity contribution in [2.75, 3.05) is 26.2 Å². The van der Waals surface area contributed by atoms with E-state index in [0.29, 0.717) is 13.0 Å². The van der Waals surface area contributed by atoms with Crippen molar-refractivity contribution in [3.05, 3.63) is 12.2 Å². The molecule has 2 aliphatic heterocycles. The van der Waals surface area contributed by atoms with Crippen molar-refractivity contribution in [3.8, 4) is 0 Å². The minimum absolute atomic E-state index is 0.208. The molecule has 1 fully saturated rings. The van der Waals surface area contributed by atoms with Gasteiger partial charge in [-0.25, -0.2) is 0 Å². The fourth-order valence-corrected chi connectivity index (χ4v) is 4.30. The van der Waals surface area contributed by atoms with Crippen LogP contribution in [-0.4, -0.2) is 42.9 Å². The molecule has 0 aromatic carbocycles. The zero-order valence-corrected chi connectivity index (χ0v) is 18.9. The first-order chi connectivity index (χ1) is 14.3. The van der Waals surface area contributed by atoms with E-state index in [-0.39, 0.29) is 11.8 Å². The van der Waals surface area contributed by atoms with Gasteiger partial charge in [0, 0.05) is 19.5 Å². The van der Waals surface area contributed by atoms with Crippen LogP contribution in [-0.2, 0) is 9.53 Å². The molecule has 4 nitrogen and oxygen atoms in total. The van der Waals surface area contributed by atoms with Crippen molar-refractivity contribution in [1.29, 1.82) is 0 Å². The zero-order valence-electron chi connectivity index (χ0n) is 18.9. The highest BCUT2D eigenvalue weighted by atomic mass is 16.5. The molecule has 4 heteroatoms. The molecule has 166 valence electrons. The molecule has 1 amide bonds. The maximum atomic E-state index is 12.1. The van der Waals surface area contributed by atoms with Crippen molar-refractivity contribution < 1.29 is 9.53 Å². The molecule has 0 aromatic rings. The number of allylic oxidation sites excluding steroid dienone is 2. The number of hydrogen-bond donors (Lipinski definition) is 0. The van der Waals surface area contributed by atoms with E-state index in [9.17, 15) is 4.79 Å². The fourth-order valence-electron chi connectivity index (χ4n) is 4.30. The van der Waals surface area contributed by atoms with Crippen LogP contribution in [0.1, 0.15) is 103 Å². The Morgan fingerprint density at radius 2 is 1.55 bits per heavy atom. The highest BCUT2D eigenvalue weighted by Crippen LogP contribution is 2.22. The molecule has 1 atom stereocenters. The molecule has 0 N–H and O–H groups in total. The van der Waals surface area contributed by atoms with E-state index in [4.69, 9.17) is 4.74 Å². The summed E-state index contributed by atoms with van der Waals surface area (Å²) in [5, 5.41) is 0. The topological polar surface area (TPSA) is 41.9 Å². The van der Waals surface area contributed by atoms with Crippen molar-refractivity contribution in [2.45, 2.75) is 103 Å². The first kappa shape index (κ1) is 24.0. The number of carbonyl (C=O) groups excluding carboxylic acids is 1. The van der Waals surface area contributed by atoms with Gasteiger partial charge in [-0.1, -0.05) is 76.9 Å². The zero-order chi connectivity index (χ0) is 20.6. The van der Waals surface area contributed by atoms with Crippen molar-refractivity contribution >= 4 is 11.8 Å². The van der Waals surface area contributed by atoms with E-state index in [1.165, 1.54) is 83.5 Å². The van der Waals surface area contributed by atoms with Crippen LogP contribution in [0.4, 0.5) is 0 Å². The highest BCUT2D eigenvalue weighted by Gasteiger charge is 2.34. The highest BCUT2D eigenvalue weighted by molar-refractivity contribution is 5.89. The van der Waals surface area contributed by atoms with Gasteiger partial charge in [-0.15, -0.1) is 0 Å². The maximum Gasteiger partial charge on any atom is 0.223 e. The Kier molecular flexibility index (Phi) is 12.8. The Bertz CT molecular complexity index is 501. The molecule has 0 aromatic heterocycles. The van der Waals surface area contributed by atoms with Gasteiger partial charge in [-0.05, 0) is 32.1 Å². The third-order valence-corrected chi connectivity index (χ3v) is 6.11. The molecule has 0 aliphatic carbocycles. The summed E-state index contributed by atoms with van der Waals surface area (Å²) < 4.78 is 5.53. The standard InChI is InChI=1S/C25H44N2O2/c1-2-3-4-5-6-7-8-9-10-11-12-13-14-15-16-17-19-27-22-23(21-24(27)28)25-26-18-20-29-25/h9-10,23H,2-8,11-22H2,1H3/b10-9+. The first-order valence-corrected chi connectivity index (χ1v) is 12.4. The van der Waals surface area contributed by atoms with Gasteiger partial charge in [0.2, 0.25) is 5.91 Å². The minimum atomic E-state index is 0.208. The third-order valence-electron chi connectivity index (χ3n) is 6.11. The third kappa shape index (κ3) is 10.3. The van der Waals surface area contributed by atoms with Crippen LogP contribution in [0.5, 0.6) is 0 Å². The van der Waals surface area contributed by atoms with Crippen molar-refractivity contribution in [3.63, 3.8) is 0 Å². The quantitative estimate of drug-likeness (QED) is 0.211. The van der Waals surface area contributed by atoms with Gasteiger partial charge in [0.15, 0.2) is 5.90 Å². The molecule has 0 bridgehead atoms. The molecule has 2 heterocycles. The van der Waals surface area contributed by atoms with E-state index in [2.05, 4.69) is 24.1 Å². The van der Waals surface area contributed by atoms with Crippen LogP contribution in [0, 0.1) is 5.92 Å². The predicted molar refractivity (Wildman–Crippen MR) is 122 cm³/mol. The van der Waals surface area contributed by atoms with Crippen LogP contribution in [0.3, 0.4) is 0 Å². The van der Waals surface area contributed by atoms with Gasteiger partial charge >= 0.3 is 0 Å². The maximum absolute atomic E-state index is 12.1. The lowest BCUT2D eigenvalue weighted by atomic mass is 10.1. The summed E-state index contributed by atoms with van der Waals surface area (Å²) in [5.74, 6) is 1.31. The first-order valence-electron chi connectivity index (χ1n) is 12.4. The van der Waals surface area contributed by atoms with Gasteiger partial charge < -0.3 is 9.64 Å². The summed E-state index contributed by atoms with van der Waals surface area (Å²) in [6.07, 6.45) is 23.9. The van der Waals surface area contributed by atoms with E-state index >= 15 is 0 Å². The van der Waals surface area contributed by atoms with Gasteiger partial charge in [0.1, 0.15) is 6.61 Å². The molecule has 1 saturated heterocycles.